The summed E-state index contributed by atoms with van der Waals surface area (Å²) in [6, 6.07) is 20.9. The molecule has 1 amide bonds. The fraction of sp³-hybridized carbons (Fsp3) is 0.448. The molecule has 2 heterocycles. The highest BCUT2D eigenvalue weighted by molar-refractivity contribution is 5.92. The molecule has 0 bridgehead atoms. The van der Waals surface area contributed by atoms with Gasteiger partial charge in [-0.1, -0.05) is 48.5 Å². The Balaban J connectivity index is 1.47. The normalized spacial score (nSPS) is 15.7. The Kier molecular flexibility index (Phi) is 8.24. The summed E-state index contributed by atoms with van der Waals surface area (Å²) in [5, 5.41) is 4.39. The maximum Gasteiger partial charge on any atom is 0.272 e. The predicted octanol–water partition coefficient (Wildman–Crippen LogP) is 4.72. The van der Waals surface area contributed by atoms with Gasteiger partial charge in [0.05, 0.1) is 12.3 Å². The summed E-state index contributed by atoms with van der Waals surface area (Å²) in [4.78, 5) is 18.0. The lowest BCUT2D eigenvalue weighted by molar-refractivity contribution is 0.0574. The molecule has 3 aromatic rings. The number of likely N-dealkylation sites (N-methyl/N-ethyl adjacent to an activating group) is 1. The zero-order valence-corrected chi connectivity index (χ0v) is 21.5. The van der Waals surface area contributed by atoms with Gasteiger partial charge >= 0.3 is 0 Å². The van der Waals surface area contributed by atoms with Gasteiger partial charge in [-0.05, 0) is 69.8 Å². The van der Waals surface area contributed by atoms with E-state index >= 15 is 0 Å². The van der Waals surface area contributed by atoms with E-state index in [0.29, 0.717) is 18.2 Å². The minimum atomic E-state index is 0.0436. The molecule has 0 radical (unpaired) electrons. The van der Waals surface area contributed by atoms with Crippen LogP contribution in [-0.4, -0.2) is 58.3 Å². The molecule has 0 aliphatic carbocycles. The van der Waals surface area contributed by atoms with E-state index in [-0.39, 0.29) is 11.9 Å². The van der Waals surface area contributed by atoms with E-state index in [1.807, 2.05) is 51.0 Å². The fourth-order valence-electron chi connectivity index (χ4n) is 5.28. The van der Waals surface area contributed by atoms with Crippen LogP contribution in [-0.2, 0) is 20.0 Å². The molecule has 1 saturated heterocycles. The van der Waals surface area contributed by atoms with E-state index in [1.54, 1.807) is 4.68 Å². The van der Waals surface area contributed by atoms with E-state index in [0.717, 1.165) is 50.3 Å². The second-order valence-electron chi connectivity index (χ2n) is 9.62. The molecule has 1 aromatic heterocycles. The van der Waals surface area contributed by atoms with Crippen LogP contribution in [0.5, 0.6) is 5.75 Å². The third-order valence-corrected chi connectivity index (χ3v) is 7.17. The molecule has 35 heavy (non-hydrogen) atoms. The van der Waals surface area contributed by atoms with Crippen LogP contribution >= 0.6 is 0 Å². The third-order valence-electron chi connectivity index (χ3n) is 7.17. The average molecular weight is 475 g/mol. The van der Waals surface area contributed by atoms with Gasteiger partial charge in [0, 0.05) is 32.2 Å². The van der Waals surface area contributed by atoms with Gasteiger partial charge in [0.15, 0.2) is 0 Å². The molecule has 1 aliphatic rings. The molecule has 186 valence electrons. The maximum absolute atomic E-state index is 13.5. The fourth-order valence-corrected chi connectivity index (χ4v) is 5.28. The van der Waals surface area contributed by atoms with E-state index in [9.17, 15) is 4.79 Å². The number of nitrogens with zero attached hydrogens (tertiary/aromatic N) is 4. The Hall–Kier alpha value is -3.12. The van der Waals surface area contributed by atoms with Gasteiger partial charge in [-0.3, -0.25) is 14.4 Å². The Morgan fingerprint density at radius 1 is 1.11 bits per heavy atom. The Labute approximate surface area is 209 Å². The van der Waals surface area contributed by atoms with E-state index < -0.39 is 0 Å². The van der Waals surface area contributed by atoms with Crippen molar-refractivity contribution in [2.24, 2.45) is 13.0 Å². The summed E-state index contributed by atoms with van der Waals surface area (Å²) in [6.45, 7) is 7.57. The molecule has 0 saturated carbocycles. The van der Waals surface area contributed by atoms with Crippen molar-refractivity contribution >= 4 is 5.91 Å². The Morgan fingerprint density at radius 3 is 2.46 bits per heavy atom. The van der Waals surface area contributed by atoms with Gasteiger partial charge in [0.1, 0.15) is 11.4 Å². The van der Waals surface area contributed by atoms with Crippen LogP contribution in [0.1, 0.15) is 47.1 Å². The molecule has 1 fully saturated rings. The van der Waals surface area contributed by atoms with E-state index in [2.05, 4.69) is 52.5 Å². The molecule has 1 unspecified atom stereocenters. The number of benzene rings is 2. The van der Waals surface area contributed by atoms with Crippen LogP contribution in [0, 0.1) is 12.8 Å². The zero-order valence-electron chi connectivity index (χ0n) is 21.5. The first-order valence-corrected chi connectivity index (χ1v) is 12.7. The summed E-state index contributed by atoms with van der Waals surface area (Å²) in [6.07, 6.45) is 2.99. The molecule has 6 heteroatoms. The summed E-state index contributed by atoms with van der Waals surface area (Å²) in [5.74, 6) is 1.47. The van der Waals surface area contributed by atoms with Crippen LogP contribution in [0.15, 0.2) is 60.7 Å². The lowest BCUT2D eigenvalue weighted by atomic mass is 9.84. The van der Waals surface area contributed by atoms with Crippen molar-refractivity contribution in [1.82, 2.24) is 19.6 Å². The Morgan fingerprint density at radius 2 is 1.80 bits per heavy atom. The van der Waals surface area contributed by atoms with Gasteiger partial charge < -0.3 is 9.64 Å². The number of likely N-dealkylation sites (tertiary alicyclic amines) is 1. The smallest absolute Gasteiger partial charge is 0.272 e. The van der Waals surface area contributed by atoms with Crippen molar-refractivity contribution < 1.29 is 9.53 Å². The number of hydrogen-bond donors (Lipinski definition) is 0. The number of piperidine rings is 1. The highest BCUT2D eigenvalue weighted by atomic mass is 16.5. The topological polar surface area (TPSA) is 50.6 Å². The number of aryl methyl sites for hydroxylation is 2. The first-order chi connectivity index (χ1) is 17.0. The Bertz CT molecular complexity index is 1100. The van der Waals surface area contributed by atoms with Crippen LogP contribution in [0.25, 0.3) is 0 Å². The monoisotopic (exact) mass is 474 g/mol. The first-order valence-electron chi connectivity index (χ1n) is 12.7. The number of para-hydroxylation sites is 1. The van der Waals surface area contributed by atoms with Crippen molar-refractivity contribution in [2.45, 2.75) is 45.7 Å². The standard InChI is InChI=1S/C29H38N4O2/c1-5-35-28-14-10-9-13-25(28)21-33-17-15-24(16-18-33)26(20-23-11-7-6-8-12-23)31(3)29(34)27-19-22(2)30-32(27)4/h6-14,19,24,26H,5,15-18,20-21H2,1-4H3. The van der Waals surface area contributed by atoms with Gasteiger partial charge in [-0.15, -0.1) is 0 Å². The molecule has 2 aromatic carbocycles. The number of carbonyl (C=O) groups is 1. The maximum atomic E-state index is 13.5. The first kappa shape index (κ1) is 25.0. The number of hydrogen-bond acceptors (Lipinski definition) is 4. The predicted molar refractivity (Wildman–Crippen MR) is 140 cm³/mol. The van der Waals surface area contributed by atoms with Crippen molar-refractivity contribution in [3.05, 3.63) is 83.2 Å². The van der Waals surface area contributed by atoms with Gasteiger partial charge in [0.2, 0.25) is 0 Å². The molecular weight excluding hydrogens is 436 g/mol. The van der Waals surface area contributed by atoms with Crippen molar-refractivity contribution in [2.75, 3.05) is 26.7 Å². The van der Waals surface area contributed by atoms with Crippen LogP contribution in [0.2, 0.25) is 0 Å². The van der Waals surface area contributed by atoms with Gasteiger partial charge in [0.25, 0.3) is 5.91 Å². The molecule has 1 atom stereocenters. The summed E-state index contributed by atoms with van der Waals surface area (Å²) < 4.78 is 7.54. The van der Waals surface area contributed by atoms with Gasteiger partial charge in [-0.25, -0.2) is 0 Å². The summed E-state index contributed by atoms with van der Waals surface area (Å²) in [7, 11) is 3.81. The second kappa shape index (κ2) is 11.5. The van der Waals surface area contributed by atoms with Crippen LogP contribution < -0.4 is 4.74 Å². The van der Waals surface area contributed by atoms with Crippen LogP contribution in [0.4, 0.5) is 0 Å². The van der Waals surface area contributed by atoms with Crippen molar-refractivity contribution in [3.63, 3.8) is 0 Å². The van der Waals surface area contributed by atoms with Gasteiger partial charge in [-0.2, -0.15) is 5.10 Å². The van der Waals surface area contributed by atoms with Crippen LogP contribution in [0.3, 0.4) is 0 Å². The molecule has 4 rings (SSSR count). The SMILES string of the molecule is CCOc1ccccc1CN1CCC(C(Cc2ccccc2)N(C)C(=O)c2cc(C)nn2C)CC1. The number of amides is 1. The number of carbonyl (C=O) groups excluding carboxylic acids is 1. The second-order valence-corrected chi connectivity index (χ2v) is 9.62. The third kappa shape index (κ3) is 6.12. The summed E-state index contributed by atoms with van der Waals surface area (Å²) >= 11 is 0. The van der Waals surface area contributed by atoms with E-state index in [1.165, 1.54) is 11.1 Å². The molecule has 1 aliphatic heterocycles. The quantitative estimate of drug-likeness (QED) is 0.450. The highest BCUT2D eigenvalue weighted by Crippen LogP contribution is 2.29. The number of rotatable bonds is 9. The lowest BCUT2D eigenvalue weighted by Gasteiger charge is -2.40. The van der Waals surface area contributed by atoms with Crippen molar-refractivity contribution in [3.8, 4) is 5.75 Å². The van der Waals surface area contributed by atoms with Crippen molar-refractivity contribution in [1.29, 1.82) is 0 Å². The largest absolute Gasteiger partial charge is 0.494 e. The molecule has 0 spiro atoms. The average Bonchev–Trinajstić information content (AvgIpc) is 3.22. The number of aromatic nitrogens is 2. The molecule has 6 nitrogen and oxygen atoms in total. The minimum absolute atomic E-state index is 0.0436. The van der Waals surface area contributed by atoms with E-state index in [4.69, 9.17) is 4.74 Å². The molecular formula is C29H38N4O2. The number of ether oxygens (including phenoxy) is 1. The highest BCUT2D eigenvalue weighted by Gasteiger charge is 2.33. The lowest BCUT2D eigenvalue weighted by Crippen LogP contribution is -2.47. The molecule has 0 N–H and O–H groups in total. The summed E-state index contributed by atoms with van der Waals surface area (Å²) in [5.41, 5.74) is 4.02. The zero-order chi connectivity index (χ0) is 24.8. The minimum Gasteiger partial charge on any atom is -0.494 e.